The molecule has 1 aliphatic rings. The lowest BCUT2D eigenvalue weighted by Crippen LogP contribution is -2.40. The number of aryl methyl sites for hydroxylation is 2. The average molecular weight is 330 g/mol. The zero-order chi connectivity index (χ0) is 16.2. The molecule has 0 saturated carbocycles. The SMILES string of the molecule is Cc1ccc(CNC(=O)C2CCN(c3nc(C)ns3)CC2)cc1. The number of benzene rings is 1. The second kappa shape index (κ2) is 7.08. The van der Waals surface area contributed by atoms with E-state index < -0.39 is 0 Å². The predicted octanol–water partition coefficient (Wildman–Crippen LogP) is 2.69. The van der Waals surface area contributed by atoms with Gasteiger partial charge < -0.3 is 10.2 Å². The lowest BCUT2D eigenvalue weighted by Gasteiger charge is -2.30. The van der Waals surface area contributed by atoms with Gasteiger partial charge in [0.05, 0.1) is 0 Å². The standard InChI is InChI=1S/C17H22N4OS/c1-12-3-5-14(6-4-12)11-18-16(22)15-7-9-21(10-8-15)17-19-13(2)20-23-17/h3-6,15H,7-11H2,1-2H3,(H,18,22). The molecule has 0 spiro atoms. The van der Waals surface area contributed by atoms with Crippen molar-refractivity contribution in [3.63, 3.8) is 0 Å². The van der Waals surface area contributed by atoms with Crippen LogP contribution >= 0.6 is 11.5 Å². The van der Waals surface area contributed by atoms with Crippen molar-refractivity contribution in [3.8, 4) is 0 Å². The molecule has 6 heteroatoms. The summed E-state index contributed by atoms with van der Waals surface area (Å²) in [5, 5.41) is 4.04. The molecule has 0 atom stereocenters. The normalized spacial score (nSPS) is 15.7. The topological polar surface area (TPSA) is 58.1 Å². The van der Waals surface area contributed by atoms with Crippen molar-refractivity contribution in [1.29, 1.82) is 0 Å². The van der Waals surface area contributed by atoms with E-state index in [0.717, 1.165) is 42.5 Å². The largest absolute Gasteiger partial charge is 0.352 e. The number of carbonyl (C=O) groups is 1. The number of anilines is 1. The van der Waals surface area contributed by atoms with E-state index in [4.69, 9.17) is 0 Å². The number of aromatic nitrogens is 2. The summed E-state index contributed by atoms with van der Waals surface area (Å²) in [4.78, 5) is 19.0. The molecular weight excluding hydrogens is 308 g/mol. The van der Waals surface area contributed by atoms with Crippen molar-refractivity contribution in [2.45, 2.75) is 33.2 Å². The molecule has 2 aromatic rings. The van der Waals surface area contributed by atoms with E-state index in [0.29, 0.717) is 6.54 Å². The minimum atomic E-state index is 0.103. The molecule has 2 heterocycles. The van der Waals surface area contributed by atoms with Crippen LogP contribution in [0.2, 0.25) is 0 Å². The highest BCUT2D eigenvalue weighted by Gasteiger charge is 2.26. The zero-order valence-corrected chi connectivity index (χ0v) is 14.4. The Balaban J connectivity index is 1.47. The van der Waals surface area contributed by atoms with Crippen LogP contribution in [0.4, 0.5) is 5.13 Å². The van der Waals surface area contributed by atoms with Gasteiger partial charge in [0.15, 0.2) is 0 Å². The molecular formula is C17H22N4OS. The summed E-state index contributed by atoms with van der Waals surface area (Å²) >= 11 is 1.44. The average Bonchev–Trinajstić information content (AvgIpc) is 3.01. The molecule has 1 aliphatic heterocycles. The molecule has 0 bridgehead atoms. The Morgan fingerprint density at radius 3 is 2.57 bits per heavy atom. The van der Waals surface area contributed by atoms with Crippen LogP contribution < -0.4 is 10.2 Å². The van der Waals surface area contributed by atoms with Gasteiger partial charge in [0, 0.05) is 37.1 Å². The molecule has 3 rings (SSSR count). The Morgan fingerprint density at radius 2 is 1.96 bits per heavy atom. The van der Waals surface area contributed by atoms with Gasteiger partial charge in [0.25, 0.3) is 0 Å². The van der Waals surface area contributed by atoms with Gasteiger partial charge in [-0.05, 0) is 32.3 Å². The second-order valence-corrected chi connectivity index (χ2v) is 6.82. The number of hydrogen-bond donors (Lipinski definition) is 1. The molecule has 1 saturated heterocycles. The Bertz CT molecular complexity index is 659. The van der Waals surface area contributed by atoms with Crippen LogP contribution in [0.15, 0.2) is 24.3 Å². The maximum Gasteiger partial charge on any atom is 0.223 e. The summed E-state index contributed by atoms with van der Waals surface area (Å²) < 4.78 is 4.22. The van der Waals surface area contributed by atoms with Crippen LogP contribution in [0, 0.1) is 19.8 Å². The molecule has 1 aromatic carbocycles. The summed E-state index contributed by atoms with van der Waals surface area (Å²) in [5.74, 6) is 1.09. The van der Waals surface area contributed by atoms with Crippen molar-refractivity contribution >= 4 is 22.6 Å². The highest BCUT2D eigenvalue weighted by molar-refractivity contribution is 7.09. The lowest BCUT2D eigenvalue weighted by atomic mass is 9.96. The van der Waals surface area contributed by atoms with Gasteiger partial charge in [-0.2, -0.15) is 4.37 Å². The van der Waals surface area contributed by atoms with Crippen LogP contribution in [0.5, 0.6) is 0 Å². The van der Waals surface area contributed by atoms with E-state index in [1.165, 1.54) is 17.1 Å². The first-order valence-corrected chi connectivity index (χ1v) is 8.77. The fourth-order valence-corrected chi connectivity index (χ4v) is 3.51. The fraction of sp³-hybridized carbons (Fsp3) is 0.471. The molecule has 0 radical (unpaired) electrons. The van der Waals surface area contributed by atoms with Crippen LogP contribution in [-0.4, -0.2) is 28.4 Å². The summed E-state index contributed by atoms with van der Waals surface area (Å²) in [7, 11) is 0. The number of nitrogens with one attached hydrogen (secondary N) is 1. The highest BCUT2D eigenvalue weighted by atomic mass is 32.1. The van der Waals surface area contributed by atoms with Gasteiger partial charge in [-0.25, -0.2) is 4.98 Å². The highest BCUT2D eigenvalue weighted by Crippen LogP contribution is 2.24. The number of amides is 1. The van der Waals surface area contributed by atoms with Gasteiger partial charge in [-0.15, -0.1) is 0 Å². The number of nitrogens with zero attached hydrogens (tertiary/aromatic N) is 3. The van der Waals surface area contributed by atoms with E-state index in [1.807, 2.05) is 6.92 Å². The molecule has 1 N–H and O–H groups in total. The van der Waals surface area contributed by atoms with Crippen molar-refractivity contribution in [2.75, 3.05) is 18.0 Å². The summed E-state index contributed by atoms with van der Waals surface area (Å²) in [6.45, 7) is 6.32. The minimum Gasteiger partial charge on any atom is -0.352 e. The summed E-state index contributed by atoms with van der Waals surface area (Å²) in [6.07, 6.45) is 1.75. The first-order chi connectivity index (χ1) is 11.1. The third-order valence-electron chi connectivity index (χ3n) is 4.24. The first kappa shape index (κ1) is 15.9. The lowest BCUT2D eigenvalue weighted by molar-refractivity contribution is -0.125. The van der Waals surface area contributed by atoms with Crippen LogP contribution in [0.25, 0.3) is 0 Å². The van der Waals surface area contributed by atoms with E-state index in [2.05, 4.69) is 50.8 Å². The third-order valence-corrected chi connectivity index (χ3v) is 5.11. The summed E-state index contributed by atoms with van der Waals surface area (Å²) in [5.41, 5.74) is 2.38. The minimum absolute atomic E-state index is 0.103. The van der Waals surface area contributed by atoms with Crippen molar-refractivity contribution in [3.05, 3.63) is 41.2 Å². The number of piperidine rings is 1. The van der Waals surface area contributed by atoms with E-state index >= 15 is 0 Å². The van der Waals surface area contributed by atoms with Gasteiger partial charge in [-0.3, -0.25) is 4.79 Å². The number of rotatable bonds is 4. The molecule has 1 aromatic heterocycles. The van der Waals surface area contributed by atoms with Crippen LogP contribution in [0.1, 0.15) is 29.8 Å². The molecule has 1 fully saturated rings. The van der Waals surface area contributed by atoms with E-state index in [9.17, 15) is 4.79 Å². The van der Waals surface area contributed by atoms with E-state index in [-0.39, 0.29) is 11.8 Å². The van der Waals surface area contributed by atoms with Gasteiger partial charge in [-0.1, -0.05) is 29.8 Å². The number of hydrogen-bond acceptors (Lipinski definition) is 5. The molecule has 1 amide bonds. The van der Waals surface area contributed by atoms with Crippen molar-refractivity contribution in [1.82, 2.24) is 14.7 Å². The zero-order valence-electron chi connectivity index (χ0n) is 13.6. The van der Waals surface area contributed by atoms with Gasteiger partial charge in [0.1, 0.15) is 5.82 Å². The maximum atomic E-state index is 12.3. The third kappa shape index (κ3) is 4.07. The fourth-order valence-electron chi connectivity index (χ4n) is 2.79. The Morgan fingerprint density at radius 1 is 1.26 bits per heavy atom. The van der Waals surface area contributed by atoms with Crippen LogP contribution in [-0.2, 0) is 11.3 Å². The summed E-state index contributed by atoms with van der Waals surface area (Å²) in [6, 6.07) is 8.28. The maximum absolute atomic E-state index is 12.3. The molecule has 5 nitrogen and oxygen atoms in total. The first-order valence-electron chi connectivity index (χ1n) is 8.00. The number of carbonyl (C=O) groups excluding carboxylic acids is 1. The van der Waals surface area contributed by atoms with E-state index in [1.54, 1.807) is 0 Å². The Hall–Kier alpha value is -1.95. The van der Waals surface area contributed by atoms with Crippen molar-refractivity contribution < 1.29 is 4.79 Å². The Kier molecular flexibility index (Phi) is 4.91. The van der Waals surface area contributed by atoms with Crippen molar-refractivity contribution in [2.24, 2.45) is 5.92 Å². The molecule has 0 aliphatic carbocycles. The Labute approximate surface area is 140 Å². The van der Waals surface area contributed by atoms with Gasteiger partial charge in [0.2, 0.25) is 11.0 Å². The molecule has 0 unspecified atom stereocenters. The second-order valence-electron chi connectivity index (χ2n) is 6.09. The monoisotopic (exact) mass is 330 g/mol. The molecule has 122 valence electrons. The quantitative estimate of drug-likeness (QED) is 0.936. The predicted molar refractivity (Wildman–Crippen MR) is 92.6 cm³/mol. The smallest absolute Gasteiger partial charge is 0.223 e. The van der Waals surface area contributed by atoms with Gasteiger partial charge >= 0.3 is 0 Å². The molecule has 23 heavy (non-hydrogen) atoms. The van der Waals surface area contributed by atoms with Crippen LogP contribution in [0.3, 0.4) is 0 Å².